The van der Waals surface area contributed by atoms with Crippen LogP contribution in [-0.4, -0.2) is 14.8 Å². The van der Waals surface area contributed by atoms with Crippen LogP contribution in [0.5, 0.6) is 0 Å². The number of nitrogens with zero attached hydrogens (tertiary/aromatic N) is 3. The first-order valence-electron chi connectivity index (χ1n) is 4.14. The van der Waals surface area contributed by atoms with E-state index in [1.807, 2.05) is 6.92 Å². The molecule has 0 atom stereocenters. The fourth-order valence-corrected chi connectivity index (χ4v) is 1.60. The third kappa shape index (κ3) is 1.18. The zero-order valence-corrected chi connectivity index (χ0v) is 7.42. The van der Waals surface area contributed by atoms with Crippen molar-refractivity contribution >= 4 is 5.70 Å². The standard InChI is InChI=1S/C9H10FN3/c1-6-3-4-8-12-11-5-13(8)9(6)7(2)10/h5H,2-4H2,1H3. The molecule has 0 radical (unpaired) electrons. The fraction of sp³-hybridized carbons (Fsp3) is 0.333. The maximum atomic E-state index is 13.1. The van der Waals surface area contributed by atoms with Crippen molar-refractivity contribution in [1.82, 2.24) is 14.8 Å². The van der Waals surface area contributed by atoms with Crippen molar-refractivity contribution < 1.29 is 4.39 Å². The Bertz CT molecular complexity index is 389. The molecule has 0 N–H and O–H groups in total. The van der Waals surface area contributed by atoms with Crippen LogP contribution >= 0.6 is 0 Å². The van der Waals surface area contributed by atoms with Gasteiger partial charge in [-0.1, -0.05) is 6.58 Å². The summed E-state index contributed by atoms with van der Waals surface area (Å²) in [5.74, 6) is 0.387. The molecule has 2 heterocycles. The lowest BCUT2D eigenvalue weighted by Gasteiger charge is -2.17. The molecule has 0 bridgehead atoms. The number of hydrogen-bond donors (Lipinski definition) is 0. The van der Waals surface area contributed by atoms with E-state index < -0.39 is 5.83 Å². The maximum absolute atomic E-state index is 13.1. The van der Waals surface area contributed by atoms with Gasteiger partial charge in [0.1, 0.15) is 18.0 Å². The molecule has 0 unspecified atom stereocenters. The molecule has 0 saturated carbocycles. The van der Waals surface area contributed by atoms with Gasteiger partial charge in [0.05, 0.1) is 5.70 Å². The van der Waals surface area contributed by atoms with Gasteiger partial charge in [0.2, 0.25) is 0 Å². The van der Waals surface area contributed by atoms with E-state index in [1.165, 1.54) is 6.33 Å². The number of allylic oxidation sites excluding steroid dienone is 3. The van der Waals surface area contributed by atoms with E-state index in [-0.39, 0.29) is 0 Å². The molecule has 4 heteroatoms. The summed E-state index contributed by atoms with van der Waals surface area (Å²) in [4.78, 5) is 0. The van der Waals surface area contributed by atoms with Crippen molar-refractivity contribution in [1.29, 1.82) is 0 Å². The third-order valence-electron chi connectivity index (χ3n) is 2.24. The van der Waals surface area contributed by atoms with Crippen molar-refractivity contribution in [3.8, 4) is 0 Å². The van der Waals surface area contributed by atoms with E-state index in [9.17, 15) is 4.39 Å². The van der Waals surface area contributed by atoms with Gasteiger partial charge in [-0.25, -0.2) is 4.39 Å². The van der Waals surface area contributed by atoms with Crippen LogP contribution in [0.2, 0.25) is 0 Å². The number of halogens is 1. The summed E-state index contributed by atoms with van der Waals surface area (Å²) in [6.07, 6.45) is 3.18. The number of hydrogen-bond acceptors (Lipinski definition) is 2. The summed E-state index contributed by atoms with van der Waals surface area (Å²) in [6.45, 7) is 5.21. The van der Waals surface area contributed by atoms with Gasteiger partial charge in [-0.05, 0) is 18.9 Å². The molecule has 68 valence electrons. The molecular weight excluding hydrogens is 169 g/mol. The Morgan fingerprint density at radius 2 is 2.38 bits per heavy atom. The lowest BCUT2D eigenvalue weighted by molar-refractivity contribution is 0.649. The smallest absolute Gasteiger partial charge is 0.140 e. The zero-order chi connectivity index (χ0) is 9.42. The van der Waals surface area contributed by atoms with Crippen LogP contribution in [0.15, 0.2) is 24.3 Å². The van der Waals surface area contributed by atoms with Crippen molar-refractivity contribution in [2.75, 3.05) is 0 Å². The molecule has 0 spiro atoms. The monoisotopic (exact) mass is 179 g/mol. The third-order valence-corrected chi connectivity index (χ3v) is 2.24. The summed E-state index contributed by atoms with van der Waals surface area (Å²) < 4.78 is 14.7. The lowest BCUT2D eigenvalue weighted by Crippen LogP contribution is -2.10. The van der Waals surface area contributed by atoms with Crippen LogP contribution in [0.4, 0.5) is 4.39 Å². The van der Waals surface area contributed by atoms with E-state index in [4.69, 9.17) is 0 Å². The Morgan fingerprint density at radius 1 is 1.62 bits per heavy atom. The summed E-state index contributed by atoms with van der Waals surface area (Å²) in [5.41, 5.74) is 1.52. The number of aromatic nitrogens is 3. The molecular formula is C9H10FN3. The summed E-state index contributed by atoms with van der Waals surface area (Å²) in [6, 6.07) is 0. The molecule has 13 heavy (non-hydrogen) atoms. The molecule has 0 aromatic carbocycles. The van der Waals surface area contributed by atoms with Gasteiger partial charge in [0, 0.05) is 6.42 Å². The van der Waals surface area contributed by atoms with Crippen molar-refractivity contribution in [2.45, 2.75) is 19.8 Å². The highest BCUT2D eigenvalue weighted by Crippen LogP contribution is 2.28. The number of aryl methyl sites for hydroxylation is 1. The first kappa shape index (κ1) is 8.16. The van der Waals surface area contributed by atoms with E-state index in [0.717, 1.165) is 24.2 Å². The van der Waals surface area contributed by atoms with E-state index in [0.29, 0.717) is 5.70 Å². The molecule has 0 saturated heterocycles. The summed E-state index contributed by atoms with van der Waals surface area (Å²) in [5, 5.41) is 7.64. The Hall–Kier alpha value is -1.45. The molecule has 1 aromatic heterocycles. The SMILES string of the molecule is C=C(F)C1=C(C)CCc2nncn21. The maximum Gasteiger partial charge on any atom is 0.140 e. The number of rotatable bonds is 1. The molecule has 3 nitrogen and oxygen atoms in total. The van der Waals surface area contributed by atoms with Gasteiger partial charge in [-0.2, -0.15) is 0 Å². The minimum Gasteiger partial charge on any atom is -0.283 e. The van der Waals surface area contributed by atoms with Gasteiger partial charge in [0.25, 0.3) is 0 Å². The predicted octanol–water partition coefficient (Wildman–Crippen LogP) is 1.94. The second-order valence-electron chi connectivity index (χ2n) is 3.15. The Kier molecular flexibility index (Phi) is 1.76. The molecule has 2 rings (SSSR count). The highest BCUT2D eigenvalue weighted by molar-refractivity contribution is 5.65. The second-order valence-corrected chi connectivity index (χ2v) is 3.15. The van der Waals surface area contributed by atoms with E-state index in [1.54, 1.807) is 4.57 Å². The van der Waals surface area contributed by atoms with Gasteiger partial charge in [-0.3, -0.25) is 4.57 Å². The molecule has 0 fully saturated rings. The minimum atomic E-state index is -0.418. The molecule has 0 amide bonds. The average Bonchev–Trinajstić information content (AvgIpc) is 2.50. The van der Waals surface area contributed by atoms with Crippen LogP contribution < -0.4 is 0 Å². The minimum absolute atomic E-state index is 0.418. The second kappa shape index (κ2) is 2.80. The quantitative estimate of drug-likeness (QED) is 0.659. The first-order valence-corrected chi connectivity index (χ1v) is 4.14. The largest absolute Gasteiger partial charge is 0.283 e. The zero-order valence-electron chi connectivity index (χ0n) is 7.42. The van der Waals surface area contributed by atoms with Crippen LogP contribution in [-0.2, 0) is 6.42 Å². The fourth-order valence-electron chi connectivity index (χ4n) is 1.60. The van der Waals surface area contributed by atoms with Gasteiger partial charge >= 0.3 is 0 Å². The van der Waals surface area contributed by atoms with Crippen molar-refractivity contribution in [3.63, 3.8) is 0 Å². The Morgan fingerprint density at radius 3 is 3.08 bits per heavy atom. The van der Waals surface area contributed by atoms with E-state index in [2.05, 4.69) is 16.8 Å². The Balaban J connectivity index is 2.59. The topological polar surface area (TPSA) is 30.7 Å². The van der Waals surface area contributed by atoms with Crippen LogP contribution in [0, 0.1) is 0 Å². The first-order chi connectivity index (χ1) is 6.20. The average molecular weight is 179 g/mol. The predicted molar refractivity (Wildman–Crippen MR) is 47.5 cm³/mol. The number of fused-ring (bicyclic) bond motifs is 1. The van der Waals surface area contributed by atoms with Crippen LogP contribution in [0.25, 0.3) is 5.70 Å². The van der Waals surface area contributed by atoms with Crippen LogP contribution in [0.3, 0.4) is 0 Å². The van der Waals surface area contributed by atoms with Gasteiger partial charge in [-0.15, -0.1) is 10.2 Å². The lowest BCUT2D eigenvalue weighted by atomic mass is 10.1. The molecule has 1 aliphatic heterocycles. The summed E-state index contributed by atoms with van der Waals surface area (Å²) in [7, 11) is 0. The summed E-state index contributed by atoms with van der Waals surface area (Å²) >= 11 is 0. The van der Waals surface area contributed by atoms with Gasteiger partial charge < -0.3 is 0 Å². The Labute approximate surface area is 75.6 Å². The molecule has 0 aliphatic carbocycles. The van der Waals surface area contributed by atoms with Gasteiger partial charge in [0.15, 0.2) is 0 Å². The normalized spacial score (nSPS) is 15.8. The van der Waals surface area contributed by atoms with Crippen molar-refractivity contribution in [3.05, 3.63) is 30.1 Å². The van der Waals surface area contributed by atoms with E-state index >= 15 is 0 Å². The van der Waals surface area contributed by atoms with Crippen molar-refractivity contribution in [2.24, 2.45) is 0 Å². The molecule has 1 aliphatic rings. The van der Waals surface area contributed by atoms with Crippen LogP contribution in [0.1, 0.15) is 19.2 Å². The molecule has 1 aromatic rings. The highest BCUT2D eigenvalue weighted by atomic mass is 19.1. The highest BCUT2D eigenvalue weighted by Gasteiger charge is 2.19.